The summed E-state index contributed by atoms with van der Waals surface area (Å²) in [4.78, 5) is 12.8. The number of hydrogen-bond donors (Lipinski definition) is 1. The van der Waals surface area contributed by atoms with E-state index in [-0.39, 0.29) is 5.82 Å². The molecule has 0 aliphatic carbocycles. The van der Waals surface area contributed by atoms with Gasteiger partial charge in [0.1, 0.15) is 5.82 Å². The fourth-order valence-electron chi connectivity index (χ4n) is 2.35. The van der Waals surface area contributed by atoms with Crippen LogP contribution in [0.3, 0.4) is 0 Å². The molecule has 1 aromatic heterocycles. The maximum absolute atomic E-state index is 13.1. The zero-order valence-electron chi connectivity index (χ0n) is 12.2. The minimum Gasteiger partial charge on any atom is -0.345 e. The second-order valence-electron chi connectivity index (χ2n) is 5.08. The van der Waals surface area contributed by atoms with Crippen molar-refractivity contribution in [2.24, 2.45) is 0 Å². The zero-order chi connectivity index (χ0) is 16.2. The highest BCUT2D eigenvalue weighted by Crippen LogP contribution is 2.23. The highest BCUT2D eigenvalue weighted by atomic mass is 79.9. The van der Waals surface area contributed by atoms with Crippen LogP contribution < -0.4 is 10.2 Å². The van der Waals surface area contributed by atoms with Gasteiger partial charge in [-0.3, -0.25) is 0 Å². The Morgan fingerprint density at radius 1 is 1.17 bits per heavy atom. The Morgan fingerprint density at radius 2 is 1.87 bits per heavy atom. The Bertz CT molecular complexity index is 692. The molecule has 2 aromatic rings. The molecule has 0 spiro atoms. The maximum Gasteiger partial charge on any atom is 0.225 e. The van der Waals surface area contributed by atoms with Crippen molar-refractivity contribution >= 4 is 44.9 Å². The van der Waals surface area contributed by atoms with Crippen LogP contribution in [0.5, 0.6) is 0 Å². The molecule has 8 heteroatoms. The Hall–Kier alpha value is -1.80. The fraction of sp³-hybridized carbons (Fsp3) is 0.267. The molecule has 1 aliphatic heterocycles. The molecule has 0 unspecified atom stereocenters. The minimum absolute atomic E-state index is 0.287. The summed E-state index contributed by atoms with van der Waals surface area (Å²) in [6.45, 7) is 3.17. The molecule has 0 amide bonds. The van der Waals surface area contributed by atoms with Gasteiger partial charge in [0.05, 0.1) is 5.69 Å². The van der Waals surface area contributed by atoms with Crippen LogP contribution in [0.2, 0.25) is 0 Å². The number of aromatic nitrogens is 2. The number of benzene rings is 1. The lowest BCUT2D eigenvalue weighted by molar-refractivity contribution is 0.388. The number of nitrogens with zero attached hydrogens (tertiary/aromatic N) is 4. The SMILES string of the molecule is Fc1ccc(NC(=S)N2CCN(c3ncccn3)CC2)c(Br)c1. The van der Waals surface area contributed by atoms with Gasteiger partial charge in [-0.1, -0.05) is 0 Å². The van der Waals surface area contributed by atoms with Crippen LogP contribution in [0.25, 0.3) is 0 Å². The van der Waals surface area contributed by atoms with Gasteiger partial charge in [0.25, 0.3) is 0 Å². The lowest BCUT2D eigenvalue weighted by atomic mass is 10.3. The molecule has 23 heavy (non-hydrogen) atoms. The molecular weight excluding hydrogens is 381 g/mol. The van der Waals surface area contributed by atoms with E-state index in [1.807, 2.05) is 0 Å². The van der Waals surface area contributed by atoms with E-state index in [0.717, 1.165) is 37.8 Å². The number of nitrogens with one attached hydrogen (secondary N) is 1. The van der Waals surface area contributed by atoms with E-state index in [9.17, 15) is 4.39 Å². The third-order valence-electron chi connectivity index (χ3n) is 3.57. The summed E-state index contributed by atoms with van der Waals surface area (Å²) in [5.41, 5.74) is 0.755. The first-order valence-corrected chi connectivity index (χ1v) is 8.36. The Kier molecular flexibility index (Phi) is 5.02. The van der Waals surface area contributed by atoms with E-state index in [1.165, 1.54) is 12.1 Å². The van der Waals surface area contributed by atoms with Gasteiger partial charge >= 0.3 is 0 Å². The summed E-state index contributed by atoms with van der Waals surface area (Å²) >= 11 is 8.79. The van der Waals surface area contributed by atoms with E-state index in [4.69, 9.17) is 12.2 Å². The monoisotopic (exact) mass is 395 g/mol. The summed E-state index contributed by atoms with van der Waals surface area (Å²) < 4.78 is 13.8. The third kappa shape index (κ3) is 3.94. The highest BCUT2D eigenvalue weighted by molar-refractivity contribution is 9.10. The lowest BCUT2D eigenvalue weighted by Crippen LogP contribution is -2.50. The van der Waals surface area contributed by atoms with Crippen molar-refractivity contribution in [3.8, 4) is 0 Å². The molecule has 0 saturated carbocycles. The lowest BCUT2D eigenvalue weighted by Gasteiger charge is -2.36. The molecule has 3 rings (SSSR count). The largest absolute Gasteiger partial charge is 0.345 e. The first kappa shape index (κ1) is 16.1. The molecule has 1 aliphatic rings. The molecule has 120 valence electrons. The van der Waals surface area contributed by atoms with Crippen LogP contribution >= 0.6 is 28.1 Å². The Labute approximate surface area is 147 Å². The summed E-state index contributed by atoms with van der Waals surface area (Å²) in [6.07, 6.45) is 3.49. The number of thiocarbonyl (C=S) groups is 1. The van der Waals surface area contributed by atoms with E-state index < -0.39 is 0 Å². The first-order chi connectivity index (χ1) is 11.1. The smallest absolute Gasteiger partial charge is 0.225 e. The van der Waals surface area contributed by atoms with Crippen LogP contribution in [-0.4, -0.2) is 46.2 Å². The average molecular weight is 396 g/mol. The van der Waals surface area contributed by atoms with Crippen LogP contribution in [-0.2, 0) is 0 Å². The van der Waals surface area contributed by atoms with E-state index in [2.05, 4.69) is 41.0 Å². The molecule has 1 saturated heterocycles. The fourth-order valence-corrected chi connectivity index (χ4v) is 3.09. The Balaban J connectivity index is 1.58. The number of piperazine rings is 1. The van der Waals surface area contributed by atoms with Crippen molar-refractivity contribution in [2.45, 2.75) is 0 Å². The van der Waals surface area contributed by atoms with Gasteiger partial charge in [-0.25, -0.2) is 14.4 Å². The molecule has 0 radical (unpaired) electrons. The minimum atomic E-state index is -0.287. The van der Waals surface area contributed by atoms with Gasteiger partial charge in [-0.05, 0) is 52.4 Å². The molecule has 2 heterocycles. The van der Waals surface area contributed by atoms with E-state index in [0.29, 0.717) is 9.59 Å². The summed E-state index contributed by atoms with van der Waals surface area (Å²) in [5.74, 6) is 0.456. The molecule has 1 N–H and O–H groups in total. The first-order valence-electron chi connectivity index (χ1n) is 7.16. The molecule has 1 aromatic carbocycles. The number of anilines is 2. The predicted octanol–water partition coefficient (Wildman–Crippen LogP) is 2.90. The summed E-state index contributed by atoms with van der Waals surface area (Å²) in [5, 5.41) is 3.79. The van der Waals surface area contributed by atoms with Crippen LogP contribution in [0.1, 0.15) is 0 Å². The normalized spacial score (nSPS) is 14.7. The van der Waals surface area contributed by atoms with E-state index in [1.54, 1.807) is 24.5 Å². The van der Waals surface area contributed by atoms with E-state index >= 15 is 0 Å². The number of hydrogen-bond acceptors (Lipinski definition) is 4. The predicted molar refractivity (Wildman–Crippen MR) is 96.1 cm³/mol. The molecule has 0 atom stereocenters. The topological polar surface area (TPSA) is 44.3 Å². The molecular formula is C15H15BrFN5S. The van der Waals surface area contributed by atoms with Crippen molar-refractivity contribution in [1.82, 2.24) is 14.9 Å². The quantitative estimate of drug-likeness (QED) is 0.788. The third-order valence-corrected chi connectivity index (χ3v) is 4.59. The van der Waals surface area contributed by atoms with Crippen LogP contribution in [0, 0.1) is 5.82 Å². The molecule has 1 fully saturated rings. The zero-order valence-corrected chi connectivity index (χ0v) is 14.6. The van der Waals surface area contributed by atoms with Crippen molar-refractivity contribution in [3.63, 3.8) is 0 Å². The van der Waals surface area contributed by atoms with Gasteiger partial charge in [-0.15, -0.1) is 0 Å². The average Bonchev–Trinajstić information content (AvgIpc) is 2.58. The van der Waals surface area contributed by atoms with Gasteiger partial charge < -0.3 is 15.1 Å². The summed E-state index contributed by atoms with van der Waals surface area (Å²) in [7, 11) is 0. The van der Waals surface area contributed by atoms with Crippen molar-refractivity contribution in [3.05, 3.63) is 46.9 Å². The van der Waals surface area contributed by atoms with Gasteiger partial charge in [0.15, 0.2) is 5.11 Å². The van der Waals surface area contributed by atoms with Gasteiger partial charge in [0, 0.05) is 43.0 Å². The van der Waals surface area contributed by atoms with Crippen molar-refractivity contribution < 1.29 is 4.39 Å². The second kappa shape index (κ2) is 7.18. The van der Waals surface area contributed by atoms with Crippen LogP contribution in [0.15, 0.2) is 41.1 Å². The number of halogens is 2. The molecule has 0 bridgehead atoms. The summed E-state index contributed by atoms with van der Waals surface area (Å²) in [6, 6.07) is 6.29. The Morgan fingerprint density at radius 3 is 2.52 bits per heavy atom. The number of rotatable bonds is 2. The standard InChI is InChI=1S/C15H15BrFN5S/c16-12-10-11(17)2-3-13(12)20-15(23)22-8-6-21(7-9-22)14-18-4-1-5-19-14/h1-5,10H,6-9H2,(H,20,23). The van der Waals surface area contributed by atoms with Gasteiger partial charge in [-0.2, -0.15) is 0 Å². The molecule has 5 nitrogen and oxygen atoms in total. The van der Waals surface area contributed by atoms with Crippen LogP contribution in [0.4, 0.5) is 16.0 Å². The highest BCUT2D eigenvalue weighted by Gasteiger charge is 2.20. The van der Waals surface area contributed by atoms with Gasteiger partial charge in [0.2, 0.25) is 5.95 Å². The van der Waals surface area contributed by atoms with Crippen molar-refractivity contribution in [2.75, 3.05) is 36.4 Å². The maximum atomic E-state index is 13.1. The second-order valence-corrected chi connectivity index (χ2v) is 6.32. The van der Waals surface area contributed by atoms with Crippen molar-refractivity contribution in [1.29, 1.82) is 0 Å².